The summed E-state index contributed by atoms with van der Waals surface area (Å²) in [6.45, 7) is 1.52. The highest BCUT2D eigenvalue weighted by atomic mass is 127. The van der Waals surface area contributed by atoms with Gasteiger partial charge in [0.2, 0.25) is 5.91 Å². The third kappa shape index (κ3) is 4.26. The van der Waals surface area contributed by atoms with Crippen molar-refractivity contribution in [3.8, 4) is 0 Å². The van der Waals surface area contributed by atoms with E-state index in [9.17, 15) is 4.79 Å². The summed E-state index contributed by atoms with van der Waals surface area (Å²) in [4.78, 5) is 11.4. The van der Waals surface area contributed by atoms with Crippen LogP contribution in [-0.4, -0.2) is 29.6 Å². The summed E-state index contributed by atoms with van der Waals surface area (Å²) in [5.74, 6) is 0.0737. The number of halogens is 1. The van der Waals surface area contributed by atoms with Crippen LogP contribution in [-0.2, 0) is 9.53 Å². The highest BCUT2D eigenvalue weighted by Gasteiger charge is 2.20. The van der Waals surface area contributed by atoms with Crippen molar-refractivity contribution in [1.82, 2.24) is 5.32 Å². The highest BCUT2D eigenvalue weighted by Crippen LogP contribution is 2.12. The van der Waals surface area contributed by atoms with Crippen LogP contribution in [0.1, 0.15) is 25.7 Å². The number of ether oxygens (including phenoxy) is 1. The lowest BCUT2D eigenvalue weighted by atomic mass is 10.1. The van der Waals surface area contributed by atoms with Gasteiger partial charge < -0.3 is 10.1 Å². The molecule has 13 heavy (non-hydrogen) atoms. The third-order valence-electron chi connectivity index (χ3n) is 2.08. The average Bonchev–Trinajstić information content (AvgIpc) is 2.19. The fraction of sp³-hybridized carbons (Fsp3) is 0.889. The molecule has 0 aromatic heterocycles. The van der Waals surface area contributed by atoms with E-state index < -0.39 is 0 Å². The quantitative estimate of drug-likeness (QED) is 0.485. The van der Waals surface area contributed by atoms with Crippen molar-refractivity contribution in [2.75, 3.05) is 17.6 Å². The molecule has 0 saturated carbocycles. The van der Waals surface area contributed by atoms with Crippen molar-refractivity contribution in [3.05, 3.63) is 0 Å². The minimum absolute atomic E-state index is 0.0737. The van der Waals surface area contributed by atoms with Crippen molar-refractivity contribution in [1.29, 1.82) is 0 Å². The van der Waals surface area contributed by atoms with Gasteiger partial charge in [0.1, 0.15) is 6.10 Å². The van der Waals surface area contributed by atoms with E-state index in [2.05, 4.69) is 27.9 Å². The molecule has 4 heteroatoms. The van der Waals surface area contributed by atoms with E-state index in [-0.39, 0.29) is 12.0 Å². The van der Waals surface area contributed by atoms with Crippen LogP contribution < -0.4 is 5.32 Å². The molecule has 1 amide bonds. The van der Waals surface area contributed by atoms with E-state index in [1.165, 1.54) is 0 Å². The van der Waals surface area contributed by atoms with Crippen LogP contribution in [0.3, 0.4) is 0 Å². The molecular formula is C9H16INO2. The zero-order chi connectivity index (χ0) is 9.52. The predicted octanol–water partition coefficient (Wildman–Crippen LogP) is 1.50. The summed E-state index contributed by atoms with van der Waals surface area (Å²) >= 11 is 2.31. The number of alkyl halides is 1. The van der Waals surface area contributed by atoms with Crippen molar-refractivity contribution in [3.63, 3.8) is 0 Å². The van der Waals surface area contributed by atoms with E-state index in [1.807, 2.05) is 0 Å². The molecule has 0 spiro atoms. The SMILES string of the molecule is O=C(NCCCI)C1CCCCO1. The van der Waals surface area contributed by atoms with Gasteiger partial charge in [0, 0.05) is 17.6 Å². The standard InChI is InChI=1S/C9H16INO2/c10-5-3-6-11-9(12)8-4-1-2-7-13-8/h8H,1-7H2,(H,11,12). The molecular weight excluding hydrogens is 281 g/mol. The Bertz CT molecular complexity index is 158. The largest absolute Gasteiger partial charge is 0.368 e. The minimum atomic E-state index is -0.178. The molecule has 1 heterocycles. The number of rotatable bonds is 4. The number of carbonyl (C=O) groups is 1. The van der Waals surface area contributed by atoms with E-state index >= 15 is 0 Å². The Morgan fingerprint density at radius 2 is 2.38 bits per heavy atom. The smallest absolute Gasteiger partial charge is 0.249 e. The van der Waals surface area contributed by atoms with Gasteiger partial charge >= 0.3 is 0 Å². The van der Waals surface area contributed by atoms with Gasteiger partial charge in [0.25, 0.3) is 0 Å². The molecule has 0 aromatic rings. The summed E-state index contributed by atoms with van der Waals surface area (Å²) in [7, 11) is 0. The average molecular weight is 297 g/mol. The maximum Gasteiger partial charge on any atom is 0.249 e. The molecule has 1 N–H and O–H groups in total. The molecule has 1 unspecified atom stereocenters. The Kier molecular flexibility index (Phi) is 5.70. The second kappa shape index (κ2) is 6.59. The van der Waals surface area contributed by atoms with Gasteiger partial charge in [-0.25, -0.2) is 0 Å². The molecule has 1 atom stereocenters. The molecule has 76 valence electrons. The topological polar surface area (TPSA) is 38.3 Å². The molecule has 1 saturated heterocycles. The Labute approximate surface area is 92.7 Å². The van der Waals surface area contributed by atoms with E-state index in [0.29, 0.717) is 0 Å². The summed E-state index contributed by atoms with van der Waals surface area (Å²) in [6.07, 6.45) is 3.96. The Morgan fingerprint density at radius 1 is 1.54 bits per heavy atom. The molecule has 1 aliphatic rings. The Morgan fingerprint density at radius 3 is 3.00 bits per heavy atom. The molecule has 0 radical (unpaired) electrons. The van der Waals surface area contributed by atoms with E-state index in [1.54, 1.807) is 0 Å². The summed E-state index contributed by atoms with van der Waals surface area (Å²) in [5.41, 5.74) is 0. The second-order valence-electron chi connectivity index (χ2n) is 3.19. The molecule has 0 aliphatic carbocycles. The second-order valence-corrected chi connectivity index (χ2v) is 4.27. The van der Waals surface area contributed by atoms with Crippen molar-refractivity contribution >= 4 is 28.5 Å². The molecule has 0 aromatic carbocycles. The molecule has 1 fully saturated rings. The maximum absolute atomic E-state index is 11.4. The van der Waals surface area contributed by atoms with Crippen molar-refractivity contribution in [2.45, 2.75) is 31.8 Å². The number of hydrogen-bond acceptors (Lipinski definition) is 2. The van der Waals surface area contributed by atoms with Gasteiger partial charge in [-0.3, -0.25) is 4.79 Å². The number of amides is 1. The Balaban J connectivity index is 2.13. The first-order valence-electron chi connectivity index (χ1n) is 4.80. The van der Waals surface area contributed by atoms with Crippen LogP contribution in [0, 0.1) is 0 Å². The van der Waals surface area contributed by atoms with Crippen LogP contribution in [0.2, 0.25) is 0 Å². The summed E-state index contributed by atoms with van der Waals surface area (Å²) < 4.78 is 6.44. The lowest BCUT2D eigenvalue weighted by molar-refractivity contribution is -0.135. The summed E-state index contributed by atoms with van der Waals surface area (Å²) in [5, 5.41) is 2.88. The van der Waals surface area contributed by atoms with Gasteiger partial charge in [0.05, 0.1) is 0 Å². The third-order valence-corrected chi connectivity index (χ3v) is 2.84. The highest BCUT2D eigenvalue weighted by molar-refractivity contribution is 14.1. The first-order chi connectivity index (χ1) is 6.34. The lowest BCUT2D eigenvalue weighted by Crippen LogP contribution is -2.38. The van der Waals surface area contributed by atoms with Crippen molar-refractivity contribution < 1.29 is 9.53 Å². The number of hydrogen-bond donors (Lipinski definition) is 1. The van der Waals surface area contributed by atoms with Gasteiger partial charge in [0.15, 0.2) is 0 Å². The molecule has 0 bridgehead atoms. The molecule has 1 aliphatic heterocycles. The monoisotopic (exact) mass is 297 g/mol. The molecule has 3 nitrogen and oxygen atoms in total. The lowest BCUT2D eigenvalue weighted by Gasteiger charge is -2.21. The maximum atomic E-state index is 11.4. The first kappa shape index (κ1) is 11.2. The Hall–Kier alpha value is 0.160. The minimum Gasteiger partial charge on any atom is -0.368 e. The molecule has 1 rings (SSSR count). The normalized spacial score (nSPS) is 22.7. The summed E-state index contributed by atoms with van der Waals surface area (Å²) in [6, 6.07) is 0. The fourth-order valence-electron chi connectivity index (χ4n) is 1.34. The van der Waals surface area contributed by atoms with Crippen LogP contribution >= 0.6 is 22.6 Å². The van der Waals surface area contributed by atoms with E-state index in [0.717, 1.165) is 43.3 Å². The number of nitrogens with one attached hydrogen (secondary N) is 1. The van der Waals surface area contributed by atoms with Gasteiger partial charge in [-0.1, -0.05) is 22.6 Å². The van der Waals surface area contributed by atoms with Crippen molar-refractivity contribution in [2.24, 2.45) is 0 Å². The zero-order valence-corrected chi connectivity index (χ0v) is 9.88. The van der Waals surface area contributed by atoms with Crippen LogP contribution in [0.25, 0.3) is 0 Å². The zero-order valence-electron chi connectivity index (χ0n) is 7.72. The van der Waals surface area contributed by atoms with E-state index in [4.69, 9.17) is 4.74 Å². The van der Waals surface area contributed by atoms with Gasteiger partial charge in [-0.15, -0.1) is 0 Å². The fourth-order valence-corrected chi connectivity index (χ4v) is 1.72. The van der Waals surface area contributed by atoms with Crippen LogP contribution in [0.4, 0.5) is 0 Å². The number of carbonyl (C=O) groups excluding carboxylic acids is 1. The van der Waals surface area contributed by atoms with Gasteiger partial charge in [-0.2, -0.15) is 0 Å². The van der Waals surface area contributed by atoms with Crippen LogP contribution in [0.15, 0.2) is 0 Å². The van der Waals surface area contributed by atoms with Gasteiger partial charge in [-0.05, 0) is 25.7 Å². The van der Waals surface area contributed by atoms with Crippen LogP contribution in [0.5, 0.6) is 0 Å². The first-order valence-corrected chi connectivity index (χ1v) is 6.32. The predicted molar refractivity (Wildman–Crippen MR) is 60.1 cm³/mol.